The van der Waals surface area contributed by atoms with E-state index in [1.807, 2.05) is 45.0 Å². The molecule has 1 fully saturated rings. The zero-order valence-corrected chi connectivity index (χ0v) is 34.1. The monoisotopic (exact) mass is 760 g/mol. The molecule has 2 aromatic rings. The third-order valence-corrected chi connectivity index (χ3v) is 10.3. The lowest BCUT2D eigenvalue weighted by Gasteiger charge is -2.32. The van der Waals surface area contributed by atoms with Gasteiger partial charge in [-0.05, 0) is 82.9 Å². The molecule has 0 saturated heterocycles. The number of carboxylic acids is 1. The molecule has 1 aliphatic carbocycles. The van der Waals surface area contributed by atoms with Gasteiger partial charge in [0.05, 0.1) is 11.7 Å². The molecule has 0 heterocycles. The zero-order valence-electron chi connectivity index (χ0n) is 34.1. The molecule has 3 N–H and O–H groups in total. The van der Waals surface area contributed by atoms with E-state index in [0.717, 1.165) is 49.7 Å². The fraction of sp³-hybridized carbons (Fsp3) is 0.600. The standard InChI is InChI=1S/C45H64N2O8/c1-8-10-12-15-36(29-37(48)16-13-17-38(49)35-24-22-34(23-25-35)33-20-18-32(19-21-33)14-11-9-2)42(52)46-40(31(4)55-44(5,6)7)39(50)28-30(3)41(51)47-45(26-27-45)43(53)54/h18-25,30-31,36,40H,8-17,26-29H2,1-7H3,(H,46,52)(H,47,51)(H,53,54)/t30-,31-,36-,40+/m1/s1. The van der Waals surface area contributed by atoms with Crippen LogP contribution in [0.15, 0.2) is 48.5 Å². The average molecular weight is 761 g/mol. The van der Waals surface area contributed by atoms with Gasteiger partial charge in [-0.1, -0.05) is 95.0 Å². The summed E-state index contributed by atoms with van der Waals surface area (Å²) in [6, 6.07) is 15.0. The summed E-state index contributed by atoms with van der Waals surface area (Å²) in [5.41, 5.74) is 2.12. The van der Waals surface area contributed by atoms with Gasteiger partial charge in [0.2, 0.25) is 11.8 Å². The van der Waals surface area contributed by atoms with Crippen LogP contribution in [0.5, 0.6) is 0 Å². The van der Waals surface area contributed by atoms with Crippen LogP contribution in [0.3, 0.4) is 0 Å². The molecule has 10 nitrogen and oxygen atoms in total. The van der Waals surface area contributed by atoms with Gasteiger partial charge in [-0.2, -0.15) is 0 Å². The van der Waals surface area contributed by atoms with Gasteiger partial charge < -0.3 is 20.5 Å². The predicted molar refractivity (Wildman–Crippen MR) is 215 cm³/mol. The van der Waals surface area contributed by atoms with E-state index in [0.29, 0.717) is 31.2 Å². The van der Waals surface area contributed by atoms with Crippen LogP contribution in [0.2, 0.25) is 0 Å². The molecular formula is C45H64N2O8. The number of carboxylic acid groups (broad SMARTS) is 1. The summed E-state index contributed by atoms with van der Waals surface area (Å²) < 4.78 is 6.09. The van der Waals surface area contributed by atoms with Crippen molar-refractivity contribution in [2.75, 3.05) is 0 Å². The molecule has 0 bridgehead atoms. The van der Waals surface area contributed by atoms with E-state index >= 15 is 0 Å². The van der Waals surface area contributed by atoms with Crippen molar-refractivity contribution in [1.82, 2.24) is 10.6 Å². The van der Waals surface area contributed by atoms with Gasteiger partial charge in [0.1, 0.15) is 17.4 Å². The minimum Gasteiger partial charge on any atom is -0.480 e. The molecule has 3 rings (SSSR count). The molecule has 10 heteroatoms. The third-order valence-electron chi connectivity index (χ3n) is 10.3. The highest BCUT2D eigenvalue weighted by molar-refractivity contribution is 5.97. The number of benzene rings is 2. The highest BCUT2D eigenvalue weighted by atomic mass is 16.5. The maximum absolute atomic E-state index is 13.8. The van der Waals surface area contributed by atoms with E-state index in [2.05, 4.69) is 48.7 Å². The van der Waals surface area contributed by atoms with Crippen LogP contribution in [0, 0.1) is 11.8 Å². The van der Waals surface area contributed by atoms with Crippen molar-refractivity contribution in [3.63, 3.8) is 0 Å². The van der Waals surface area contributed by atoms with E-state index in [1.165, 1.54) is 5.56 Å². The number of rotatable bonds is 25. The second kappa shape index (κ2) is 21.2. The summed E-state index contributed by atoms with van der Waals surface area (Å²) in [4.78, 5) is 78.3. The largest absolute Gasteiger partial charge is 0.480 e. The molecule has 0 radical (unpaired) electrons. The predicted octanol–water partition coefficient (Wildman–Crippen LogP) is 8.22. The molecule has 1 aliphatic rings. The van der Waals surface area contributed by atoms with Gasteiger partial charge in [0.15, 0.2) is 11.6 Å². The lowest BCUT2D eigenvalue weighted by atomic mass is 9.91. The summed E-state index contributed by atoms with van der Waals surface area (Å²) in [7, 11) is 0. The maximum atomic E-state index is 13.8. The first-order valence-corrected chi connectivity index (χ1v) is 20.3. The van der Waals surface area contributed by atoms with Gasteiger partial charge in [-0.3, -0.25) is 24.0 Å². The summed E-state index contributed by atoms with van der Waals surface area (Å²) in [6.45, 7) is 13.0. The number of aliphatic carboxylic acids is 1. The van der Waals surface area contributed by atoms with Crippen molar-refractivity contribution < 1.29 is 38.6 Å². The van der Waals surface area contributed by atoms with Gasteiger partial charge in [0.25, 0.3) is 0 Å². The SMILES string of the molecule is CCCCC[C@H](CC(=O)CCCC(=O)c1ccc(-c2ccc(CCCC)cc2)cc1)C(=O)N[C@H](C(=O)C[C@@H](C)C(=O)NC1(C(=O)O)CC1)[C@@H](C)OC(C)(C)C. The van der Waals surface area contributed by atoms with Crippen molar-refractivity contribution in [3.8, 4) is 11.1 Å². The molecule has 0 spiro atoms. The molecule has 0 aliphatic heterocycles. The number of nitrogens with one attached hydrogen (secondary N) is 2. The number of amides is 2. The lowest BCUT2D eigenvalue weighted by molar-refractivity contribution is -0.144. The Morgan fingerprint density at radius 2 is 1.38 bits per heavy atom. The van der Waals surface area contributed by atoms with Crippen LogP contribution in [0.4, 0.5) is 0 Å². The molecule has 0 unspecified atom stereocenters. The maximum Gasteiger partial charge on any atom is 0.329 e. The smallest absolute Gasteiger partial charge is 0.329 e. The fourth-order valence-electron chi connectivity index (χ4n) is 6.78. The van der Waals surface area contributed by atoms with E-state index in [9.17, 15) is 33.9 Å². The van der Waals surface area contributed by atoms with Gasteiger partial charge in [-0.25, -0.2) is 4.79 Å². The third kappa shape index (κ3) is 14.8. The van der Waals surface area contributed by atoms with Crippen LogP contribution >= 0.6 is 0 Å². The number of hydrogen-bond donors (Lipinski definition) is 3. The van der Waals surface area contributed by atoms with Crippen molar-refractivity contribution in [2.24, 2.45) is 11.8 Å². The average Bonchev–Trinajstić information content (AvgIpc) is 3.92. The molecule has 55 heavy (non-hydrogen) atoms. The van der Waals surface area contributed by atoms with Crippen molar-refractivity contribution >= 4 is 35.1 Å². The fourth-order valence-corrected chi connectivity index (χ4v) is 6.78. The van der Waals surface area contributed by atoms with Crippen LogP contribution in [-0.4, -0.2) is 63.5 Å². The van der Waals surface area contributed by atoms with Crippen LogP contribution in [0.25, 0.3) is 11.1 Å². The summed E-state index contributed by atoms with van der Waals surface area (Å²) in [5, 5.41) is 14.9. The van der Waals surface area contributed by atoms with E-state index < -0.39 is 58.7 Å². The first-order chi connectivity index (χ1) is 26.0. The van der Waals surface area contributed by atoms with Gasteiger partial charge in [0, 0.05) is 43.1 Å². The lowest BCUT2D eigenvalue weighted by Crippen LogP contribution is -2.53. The van der Waals surface area contributed by atoms with Crippen LogP contribution in [-0.2, 0) is 35.1 Å². The first-order valence-electron chi connectivity index (χ1n) is 20.3. The van der Waals surface area contributed by atoms with Crippen LogP contribution < -0.4 is 10.6 Å². The number of carbonyl (C=O) groups excluding carboxylic acids is 5. The van der Waals surface area contributed by atoms with Crippen molar-refractivity contribution in [1.29, 1.82) is 0 Å². The number of hydrogen-bond acceptors (Lipinski definition) is 7. The summed E-state index contributed by atoms with van der Waals surface area (Å²) >= 11 is 0. The number of unbranched alkanes of at least 4 members (excludes halogenated alkanes) is 3. The molecule has 1 saturated carbocycles. The number of aryl methyl sites for hydroxylation is 1. The number of ether oxygens (including phenoxy) is 1. The number of ketones is 3. The van der Waals surface area contributed by atoms with Crippen LogP contribution in [0.1, 0.15) is 148 Å². The van der Waals surface area contributed by atoms with Gasteiger partial charge >= 0.3 is 5.97 Å². The molecule has 302 valence electrons. The highest BCUT2D eigenvalue weighted by Gasteiger charge is 2.52. The molecule has 0 aromatic heterocycles. The Morgan fingerprint density at radius 3 is 1.93 bits per heavy atom. The highest BCUT2D eigenvalue weighted by Crippen LogP contribution is 2.36. The first kappa shape index (κ1) is 45.2. The Labute approximate surface area is 328 Å². The van der Waals surface area contributed by atoms with E-state index in [4.69, 9.17) is 4.74 Å². The second-order valence-corrected chi connectivity index (χ2v) is 16.5. The molecule has 2 amide bonds. The Kier molecular flexibility index (Phi) is 17.4. The normalized spacial score (nSPS) is 15.6. The van der Waals surface area contributed by atoms with Crippen molar-refractivity contribution in [2.45, 2.75) is 162 Å². The molecular weight excluding hydrogens is 697 g/mol. The second-order valence-electron chi connectivity index (χ2n) is 16.5. The summed E-state index contributed by atoms with van der Waals surface area (Å²) in [5.74, 6) is -4.16. The Bertz CT molecular complexity index is 1600. The molecule has 4 atom stereocenters. The van der Waals surface area contributed by atoms with E-state index in [-0.39, 0.29) is 37.2 Å². The van der Waals surface area contributed by atoms with Crippen molar-refractivity contribution in [3.05, 3.63) is 59.7 Å². The quantitative estimate of drug-likeness (QED) is 0.0676. The Morgan fingerprint density at radius 1 is 0.782 bits per heavy atom. The molecule has 2 aromatic carbocycles. The van der Waals surface area contributed by atoms with Gasteiger partial charge in [-0.15, -0.1) is 0 Å². The summed E-state index contributed by atoms with van der Waals surface area (Å²) in [6.07, 6.45) is 6.80. The number of carbonyl (C=O) groups is 6. The topological polar surface area (TPSA) is 156 Å². The zero-order chi connectivity index (χ0) is 40.8. The minimum absolute atomic E-state index is 0.0127. The van der Waals surface area contributed by atoms with E-state index in [1.54, 1.807) is 13.8 Å². The minimum atomic E-state index is -1.27. The Hall–Kier alpha value is -4.18. The Balaban J connectivity index is 1.60. The number of Topliss-reactive ketones (excluding diaryl/α,β-unsaturated/α-hetero) is 3.